The van der Waals surface area contributed by atoms with Gasteiger partial charge in [-0.1, -0.05) is 119 Å². The van der Waals surface area contributed by atoms with Gasteiger partial charge in [0.1, 0.15) is 24.2 Å². The highest BCUT2D eigenvalue weighted by Crippen LogP contribution is 2.26. The number of alkyl carbamates (subject to hydrolysis) is 1. The van der Waals surface area contributed by atoms with Gasteiger partial charge in [-0.2, -0.15) is 0 Å². The van der Waals surface area contributed by atoms with Crippen LogP contribution in [0.3, 0.4) is 0 Å². The second-order valence-electron chi connectivity index (χ2n) is 12.6. The van der Waals surface area contributed by atoms with E-state index in [9.17, 15) is 19.5 Å². The van der Waals surface area contributed by atoms with E-state index in [2.05, 4.69) is 20.6 Å². The number of amides is 2. The number of benzene rings is 3. The van der Waals surface area contributed by atoms with Gasteiger partial charge in [0.25, 0.3) is 0 Å². The Hall–Kier alpha value is -4.76. The van der Waals surface area contributed by atoms with Gasteiger partial charge in [-0.15, -0.1) is 0 Å². The number of Topliss-reactive ketones (excluding diaryl/α,β-unsaturated/α-hetero) is 1. The summed E-state index contributed by atoms with van der Waals surface area (Å²) in [5.41, 5.74) is 3.26. The van der Waals surface area contributed by atoms with Gasteiger partial charge in [0.05, 0.1) is 18.3 Å². The van der Waals surface area contributed by atoms with Crippen LogP contribution in [0.15, 0.2) is 97.2 Å². The van der Waals surface area contributed by atoms with Gasteiger partial charge in [-0.05, 0) is 41.9 Å². The van der Waals surface area contributed by atoms with Gasteiger partial charge < -0.3 is 25.5 Å². The van der Waals surface area contributed by atoms with Crippen molar-refractivity contribution in [2.75, 3.05) is 0 Å². The lowest BCUT2D eigenvalue weighted by Gasteiger charge is -2.30. The molecule has 0 saturated heterocycles. The number of aromatic amines is 1. The number of rotatable bonds is 16. The molecular weight excluding hydrogens is 592 g/mol. The Morgan fingerprint density at radius 2 is 1.34 bits per heavy atom. The van der Waals surface area contributed by atoms with Crippen molar-refractivity contribution in [1.29, 1.82) is 0 Å². The summed E-state index contributed by atoms with van der Waals surface area (Å²) in [6, 6.07) is 27.3. The number of carbonyl (C=O) groups excluding carboxylic acids is 3. The Morgan fingerprint density at radius 3 is 1.89 bits per heavy atom. The van der Waals surface area contributed by atoms with Crippen LogP contribution in [0.5, 0.6) is 0 Å². The van der Waals surface area contributed by atoms with Crippen LogP contribution in [0.2, 0.25) is 0 Å². The van der Waals surface area contributed by atoms with Crippen LogP contribution >= 0.6 is 0 Å². The van der Waals surface area contributed by atoms with Gasteiger partial charge >= 0.3 is 6.09 Å². The van der Waals surface area contributed by atoms with E-state index in [0.29, 0.717) is 24.4 Å². The molecule has 0 aliphatic heterocycles. The highest BCUT2D eigenvalue weighted by Gasteiger charge is 2.32. The molecule has 4 unspecified atom stereocenters. The number of nitrogens with zero attached hydrogens (tertiary/aromatic N) is 1. The molecule has 0 bridgehead atoms. The second kappa shape index (κ2) is 17.2. The SMILES string of the molecule is CC(C)C(=O)c1cnc(C(Cc2ccccc2)CC(O)C(Cc2ccccc2)NC(=O)C(NC(=O)OCc2ccccc2)C(C)C)[nH]1. The number of ketones is 1. The minimum absolute atomic E-state index is 0.0356. The minimum Gasteiger partial charge on any atom is -0.445 e. The van der Waals surface area contributed by atoms with Gasteiger partial charge in [0.2, 0.25) is 5.91 Å². The third-order valence-electron chi connectivity index (χ3n) is 8.15. The Kier molecular flexibility index (Phi) is 12.9. The smallest absolute Gasteiger partial charge is 0.408 e. The molecule has 0 radical (unpaired) electrons. The van der Waals surface area contributed by atoms with Crippen molar-refractivity contribution in [3.8, 4) is 0 Å². The first-order valence-electron chi connectivity index (χ1n) is 16.2. The first-order valence-corrected chi connectivity index (χ1v) is 16.2. The van der Waals surface area contributed by atoms with Gasteiger partial charge in [0.15, 0.2) is 5.78 Å². The maximum atomic E-state index is 13.7. The van der Waals surface area contributed by atoms with Crippen molar-refractivity contribution in [3.05, 3.63) is 125 Å². The predicted octanol–water partition coefficient (Wildman–Crippen LogP) is 6.00. The summed E-state index contributed by atoms with van der Waals surface area (Å²) in [5.74, 6) is -0.567. The number of imidazole rings is 1. The average Bonchev–Trinajstić information content (AvgIpc) is 3.57. The number of nitrogens with one attached hydrogen (secondary N) is 3. The maximum Gasteiger partial charge on any atom is 0.408 e. The first-order chi connectivity index (χ1) is 22.6. The van der Waals surface area contributed by atoms with E-state index >= 15 is 0 Å². The van der Waals surface area contributed by atoms with E-state index < -0.39 is 30.2 Å². The number of aromatic nitrogens is 2. The number of hydrogen-bond donors (Lipinski definition) is 4. The molecule has 0 spiro atoms. The van der Waals surface area contributed by atoms with Crippen LogP contribution in [0, 0.1) is 11.8 Å². The van der Waals surface area contributed by atoms with Crippen molar-refractivity contribution in [3.63, 3.8) is 0 Å². The summed E-state index contributed by atoms with van der Waals surface area (Å²) in [4.78, 5) is 46.9. The lowest BCUT2D eigenvalue weighted by Crippen LogP contribution is -2.55. The molecule has 1 aromatic heterocycles. The lowest BCUT2D eigenvalue weighted by molar-refractivity contribution is -0.125. The molecule has 0 aliphatic rings. The molecule has 9 nitrogen and oxygen atoms in total. The molecule has 4 rings (SSSR count). The molecule has 4 atom stereocenters. The highest BCUT2D eigenvalue weighted by atomic mass is 16.5. The Bertz CT molecular complexity index is 1560. The molecule has 4 N–H and O–H groups in total. The van der Waals surface area contributed by atoms with Crippen molar-refractivity contribution in [1.82, 2.24) is 20.6 Å². The van der Waals surface area contributed by atoms with Crippen molar-refractivity contribution < 1.29 is 24.2 Å². The molecule has 0 saturated carbocycles. The monoisotopic (exact) mass is 638 g/mol. The van der Waals surface area contributed by atoms with E-state index in [4.69, 9.17) is 4.74 Å². The van der Waals surface area contributed by atoms with Crippen LogP contribution in [-0.2, 0) is 29.0 Å². The molecule has 248 valence electrons. The number of carbonyl (C=O) groups is 3. The number of hydrogen-bond acceptors (Lipinski definition) is 6. The summed E-state index contributed by atoms with van der Waals surface area (Å²) in [5, 5.41) is 17.6. The van der Waals surface area contributed by atoms with E-state index in [1.807, 2.05) is 119 Å². The van der Waals surface area contributed by atoms with Crippen LogP contribution in [-0.4, -0.2) is 51.0 Å². The third-order valence-corrected chi connectivity index (χ3v) is 8.15. The number of ether oxygens (including phenoxy) is 1. The van der Waals surface area contributed by atoms with Gasteiger partial charge in [0, 0.05) is 11.8 Å². The Morgan fingerprint density at radius 1 is 0.787 bits per heavy atom. The zero-order valence-electron chi connectivity index (χ0n) is 27.6. The fraction of sp³-hybridized carbons (Fsp3) is 0.368. The third kappa shape index (κ3) is 10.6. The summed E-state index contributed by atoms with van der Waals surface area (Å²) >= 11 is 0. The van der Waals surface area contributed by atoms with E-state index in [1.165, 1.54) is 0 Å². The van der Waals surface area contributed by atoms with Crippen LogP contribution in [0.1, 0.15) is 73.0 Å². The molecule has 3 aromatic carbocycles. The van der Waals surface area contributed by atoms with Gasteiger partial charge in [-0.3, -0.25) is 9.59 Å². The van der Waals surface area contributed by atoms with Crippen molar-refractivity contribution in [2.24, 2.45) is 11.8 Å². The molecule has 0 aliphatic carbocycles. The zero-order chi connectivity index (χ0) is 33.8. The topological polar surface area (TPSA) is 133 Å². The predicted molar refractivity (Wildman–Crippen MR) is 182 cm³/mol. The fourth-order valence-corrected chi connectivity index (χ4v) is 5.48. The summed E-state index contributed by atoms with van der Waals surface area (Å²) in [6.45, 7) is 7.44. The molecular formula is C38H46N4O5. The lowest BCUT2D eigenvalue weighted by atomic mass is 9.88. The van der Waals surface area contributed by atoms with Crippen molar-refractivity contribution >= 4 is 17.8 Å². The molecule has 4 aromatic rings. The van der Waals surface area contributed by atoms with Crippen LogP contribution < -0.4 is 10.6 Å². The van der Waals surface area contributed by atoms with Gasteiger partial charge in [-0.25, -0.2) is 9.78 Å². The van der Waals surface area contributed by atoms with Crippen LogP contribution in [0.4, 0.5) is 4.79 Å². The standard InChI is InChI=1S/C38H46N4O5/c1-25(2)34(42-38(46)47-24-29-18-12-7-13-19-29)37(45)41-31(21-28-16-10-6-11-17-28)33(43)22-30(20-27-14-8-5-9-15-27)36-39-23-32(40-36)35(44)26(3)4/h5-19,23,25-26,30-31,33-34,43H,20-22,24H2,1-4H3,(H,39,40)(H,41,45)(H,42,46). The van der Waals surface area contributed by atoms with Crippen molar-refractivity contribution in [2.45, 2.75) is 77.7 Å². The number of aliphatic hydroxyl groups excluding tert-OH is 1. The average molecular weight is 639 g/mol. The molecule has 47 heavy (non-hydrogen) atoms. The first kappa shape index (κ1) is 35.1. The molecule has 9 heteroatoms. The van der Waals surface area contributed by atoms with E-state index in [-0.39, 0.29) is 36.6 Å². The molecule has 2 amide bonds. The van der Waals surface area contributed by atoms with Crippen LogP contribution in [0.25, 0.3) is 0 Å². The maximum absolute atomic E-state index is 13.7. The number of H-pyrrole nitrogens is 1. The second-order valence-corrected chi connectivity index (χ2v) is 12.6. The minimum atomic E-state index is -0.986. The molecule has 1 heterocycles. The quantitative estimate of drug-likeness (QED) is 0.111. The van der Waals surface area contributed by atoms with E-state index in [0.717, 1.165) is 16.7 Å². The summed E-state index contributed by atoms with van der Waals surface area (Å²) < 4.78 is 5.38. The summed E-state index contributed by atoms with van der Waals surface area (Å²) in [6.07, 6.45) is 1.06. The zero-order valence-corrected chi connectivity index (χ0v) is 27.6. The fourth-order valence-electron chi connectivity index (χ4n) is 5.48. The Balaban J connectivity index is 1.53. The normalized spacial score (nSPS) is 13.9. The Labute approximate surface area is 277 Å². The number of aliphatic hydroxyl groups is 1. The summed E-state index contributed by atoms with van der Waals surface area (Å²) in [7, 11) is 0. The molecule has 0 fully saturated rings. The largest absolute Gasteiger partial charge is 0.445 e. The highest BCUT2D eigenvalue weighted by molar-refractivity contribution is 5.95. The van der Waals surface area contributed by atoms with E-state index in [1.54, 1.807) is 6.20 Å².